The van der Waals surface area contributed by atoms with E-state index in [1.165, 1.54) is 36.1 Å². The van der Waals surface area contributed by atoms with Crippen molar-refractivity contribution < 1.29 is 36.6 Å². The number of pyridine rings is 1. The summed E-state index contributed by atoms with van der Waals surface area (Å²) in [5.41, 5.74) is 8.94. The Morgan fingerprint density at radius 2 is 1.81 bits per heavy atom. The maximum atomic E-state index is 14.0. The number of piperidine rings is 1. The van der Waals surface area contributed by atoms with Crippen molar-refractivity contribution in [3.63, 3.8) is 0 Å². The molecule has 47 heavy (non-hydrogen) atoms. The highest BCUT2D eigenvalue weighted by atomic mass is 19.3. The number of para-hydroxylation sites is 1. The Balaban J connectivity index is 1.27. The van der Waals surface area contributed by atoms with Gasteiger partial charge in [-0.15, -0.1) is 0 Å². The molecule has 0 radical (unpaired) electrons. The molecular weight excluding hydrogens is 620 g/mol. The van der Waals surface area contributed by atoms with Crippen molar-refractivity contribution in [2.75, 3.05) is 25.4 Å². The van der Waals surface area contributed by atoms with Crippen LogP contribution in [0.1, 0.15) is 52.9 Å². The normalized spacial score (nSPS) is 13.8. The van der Waals surface area contributed by atoms with Crippen molar-refractivity contribution in [2.45, 2.75) is 39.0 Å². The number of carbonyl (C=O) groups is 2. The van der Waals surface area contributed by atoms with E-state index >= 15 is 0 Å². The second-order valence-corrected chi connectivity index (χ2v) is 11.3. The van der Waals surface area contributed by atoms with Gasteiger partial charge in [0.05, 0.1) is 29.3 Å². The molecule has 0 aliphatic carbocycles. The lowest BCUT2D eigenvalue weighted by molar-refractivity contribution is -0.129. The fourth-order valence-electron chi connectivity index (χ4n) is 5.76. The lowest BCUT2D eigenvalue weighted by Gasteiger charge is -2.32. The number of ether oxygens (including phenoxy) is 2. The third-order valence-electron chi connectivity index (χ3n) is 8.20. The molecule has 0 spiro atoms. The lowest BCUT2D eigenvalue weighted by atomic mass is 9.88. The predicted octanol–water partition coefficient (Wildman–Crippen LogP) is 6.31. The van der Waals surface area contributed by atoms with Gasteiger partial charge in [-0.25, -0.2) is 27.2 Å². The molecular formula is C33H30F4N6O4. The van der Waals surface area contributed by atoms with Crippen LogP contribution in [0.2, 0.25) is 0 Å². The van der Waals surface area contributed by atoms with Gasteiger partial charge in [0.25, 0.3) is 6.43 Å². The molecule has 1 aliphatic heterocycles. The van der Waals surface area contributed by atoms with Crippen LogP contribution in [0, 0.1) is 18.6 Å². The molecule has 0 saturated carbocycles. The van der Waals surface area contributed by atoms with E-state index in [2.05, 4.69) is 15.1 Å². The minimum Gasteiger partial charge on any atom is -0.487 e. The number of anilines is 1. The van der Waals surface area contributed by atoms with Crippen LogP contribution in [0.15, 0.2) is 54.9 Å². The number of alkyl halides is 2. The van der Waals surface area contributed by atoms with Crippen LogP contribution in [-0.2, 0) is 4.79 Å². The van der Waals surface area contributed by atoms with E-state index in [1.54, 1.807) is 30.0 Å². The number of H-pyrrole nitrogens is 1. The van der Waals surface area contributed by atoms with Gasteiger partial charge >= 0.3 is 0 Å². The number of nitrogens with zero attached hydrogens (tertiary/aromatic N) is 4. The zero-order chi connectivity index (χ0) is 33.4. The molecule has 0 atom stereocenters. The second kappa shape index (κ2) is 12.8. The molecule has 0 bridgehead atoms. The third-order valence-corrected chi connectivity index (χ3v) is 8.20. The fraction of sp³-hybridized carbons (Fsp3) is 0.273. The maximum absolute atomic E-state index is 14.0. The number of carbonyl (C=O) groups excluding carboxylic acids is 2. The van der Waals surface area contributed by atoms with Gasteiger partial charge in [0, 0.05) is 37.0 Å². The molecule has 1 aliphatic rings. The molecule has 1 fully saturated rings. The van der Waals surface area contributed by atoms with Crippen LogP contribution in [0.25, 0.3) is 16.6 Å². The molecule has 3 N–H and O–H groups in total. The Labute approximate surface area is 266 Å². The Morgan fingerprint density at radius 3 is 2.47 bits per heavy atom. The van der Waals surface area contributed by atoms with Crippen molar-refractivity contribution >= 4 is 28.4 Å². The Morgan fingerprint density at radius 1 is 1.09 bits per heavy atom. The Bertz CT molecular complexity index is 1960. The summed E-state index contributed by atoms with van der Waals surface area (Å²) in [5.74, 6) is -2.59. The highest BCUT2D eigenvalue weighted by Crippen LogP contribution is 2.38. The van der Waals surface area contributed by atoms with Crippen LogP contribution in [0.3, 0.4) is 0 Å². The van der Waals surface area contributed by atoms with Gasteiger partial charge in [0.1, 0.15) is 18.2 Å². The van der Waals surface area contributed by atoms with Gasteiger partial charge in [0.2, 0.25) is 23.3 Å². The molecule has 14 heteroatoms. The van der Waals surface area contributed by atoms with Gasteiger partial charge in [-0.2, -0.15) is 5.10 Å². The van der Waals surface area contributed by atoms with Crippen LogP contribution in [0.5, 0.6) is 17.4 Å². The number of benzene rings is 2. The first-order valence-corrected chi connectivity index (χ1v) is 14.8. The number of nitrogen functional groups attached to an aromatic ring is 1. The average Bonchev–Trinajstić information content (AvgIpc) is 3.64. The molecule has 4 heterocycles. The Kier molecular flexibility index (Phi) is 8.58. The molecule has 244 valence electrons. The number of likely N-dealkylation sites (tertiary alicyclic amines) is 1. The van der Waals surface area contributed by atoms with E-state index < -0.39 is 36.2 Å². The largest absolute Gasteiger partial charge is 0.487 e. The van der Waals surface area contributed by atoms with E-state index in [1.807, 2.05) is 0 Å². The molecule has 0 unspecified atom stereocenters. The van der Waals surface area contributed by atoms with E-state index in [-0.39, 0.29) is 34.8 Å². The van der Waals surface area contributed by atoms with Crippen LogP contribution in [0.4, 0.5) is 23.4 Å². The number of hydrogen-bond acceptors (Lipinski definition) is 7. The standard InChI is InChI=1S/C33H30F4N6O4/c1-17-10-30(47-32-23(34)4-3-5-24(32)35)39-15-27(17)43-33(38)22(14-40-43)31(45)26-11-20-12-28(46-16-29(36)37)21(13-25(20)41-26)19-6-8-42(9-7-19)18(2)44/h3-5,10-15,19,29,41H,6-9,16,38H2,1-2H3. The quantitative estimate of drug-likeness (QED) is 0.141. The third kappa shape index (κ3) is 6.35. The molecule has 5 aromatic rings. The van der Waals surface area contributed by atoms with Crippen LogP contribution >= 0.6 is 0 Å². The molecule has 10 nitrogen and oxygen atoms in total. The minimum atomic E-state index is -2.67. The predicted molar refractivity (Wildman–Crippen MR) is 164 cm³/mol. The number of nitrogens with two attached hydrogens (primary N) is 1. The summed E-state index contributed by atoms with van der Waals surface area (Å²) in [6.45, 7) is 3.51. The van der Waals surface area contributed by atoms with Gasteiger partial charge in [-0.05, 0) is 67.1 Å². The number of halogens is 4. The highest BCUT2D eigenvalue weighted by Gasteiger charge is 2.27. The average molecular weight is 651 g/mol. The summed E-state index contributed by atoms with van der Waals surface area (Å²) in [5, 5.41) is 4.85. The molecule has 6 rings (SSSR count). The van der Waals surface area contributed by atoms with Crippen molar-refractivity contribution in [1.82, 2.24) is 24.6 Å². The van der Waals surface area contributed by atoms with E-state index in [0.29, 0.717) is 53.8 Å². The van der Waals surface area contributed by atoms with Gasteiger partial charge in [0.15, 0.2) is 11.6 Å². The summed E-state index contributed by atoms with van der Waals surface area (Å²) < 4.78 is 66.4. The second-order valence-electron chi connectivity index (χ2n) is 11.3. The van der Waals surface area contributed by atoms with E-state index in [0.717, 1.165) is 17.7 Å². The van der Waals surface area contributed by atoms with Crippen LogP contribution in [-0.4, -0.2) is 62.5 Å². The first-order valence-electron chi connectivity index (χ1n) is 14.8. The molecule has 2 aromatic carbocycles. The first-order chi connectivity index (χ1) is 22.5. The van der Waals surface area contributed by atoms with Gasteiger partial charge < -0.3 is 25.1 Å². The number of hydrogen-bond donors (Lipinski definition) is 2. The van der Waals surface area contributed by atoms with E-state index in [9.17, 15) is 27.2 Å². The zero-order valence-corrected chi connectivity index (χ0v) is 25.4. The number of ketones is 1. The number of nitrogens with one attached hydrogen (secondary N) is 1. The summed E-state index contributed by atoms with van der Waals surface area (Å²) in [6.07, 6.45) is 1.28. The summed E-state index contributed by atoms with van der Waals surface area (Å²) >= 11 is 0. The summed E-state index contributed by atoms with van der Waals surface area (Å²) in [7, 11) is 0. The Hall–Kier alpha value is -5.40. The lowest BCUT2D eigenvalue weighted by Crippen LogP contribution is -2.36. The monoisotopic (exact) mass is 650 g/mol. The number of aromatic nitrogens is 4. The van der Waals surface area contributed by atoms with Gasteiger partial charge in [-0.1, -0.05) is 6.07 Å². The highest BCUT2D eigenvalue weighted by molar-refractivity contribution is 6.12. The van der Waals surface area contributed by atoms with Crippen molar-refractivity contribution in [3.05, 3.63) is 88.9 Å². The molecule has 1 saturated heterocycles. The van der Waals surface area contributed by atoms with Gasteiger partial charge in [-0.3, -0.25) is 9.59 Å². The molecule has 1 amide bonds. The summed E-state index contributed by atoms with van der Waals surface area (Å²) in [4.78, 5) is 34.4. The molecule has 3 aromatic heterocycles. The number of amides is 1. The summed E-state index contributed by atoms with van der Waals surface area (Å²) in [6, 6.07) is 9.83. The zero-order valence-electron chi connectivity index (χ0n) is 25.4. The first kappa shape index (κ1) is 31.6. The van der Waals surface area contributed by atoms with Crippen molar-refractivity contribution in [1.29, 1.82) is 0 Å². The van der Waals surface area contributed by atoms with Crippen LogP contribution < -0.4 is 15.2 Å². The number of fused-ring (bicyclic) bond motifs is 1. The fourth-order valence-corrected chi connectivity index (χ4v) is 5.76. The topological polar surface area (TPSA) is 128 Å². The SMILES string of the molecule is CC(=O)N1CCC(c2cc3[nH]c(C(=O)c4cnn(-c5cnc(Oc6c(F)cccc6F)cc5C)c4N)cc3cc2OCC(F)F)CC1. The maximum Gasteiger partial charge on any atom is 0.272 e. The smallest absolute Gasteiger partial charge is 0.272 e. The van der Waals surface area contributed by atoms with E-state index in [4.69, 9.17) is 15.2 Å². The number of aromatic amines is 1. The number of rotatable bonds is 9. The van der Waals surface area contributed by atoms with Crippen molar-refractivity contribution in [2.24, 2.45) is 0 Å². The van der Waals surface area contributed by atoms with Crippen molar-refractivity contribution in [3.8, 4) is 23.1 Å². The number of aryl methyl sites for hydroxylation is 1. The minimum absolute atomic E-state index is 0.0166.